The van der Waals surface area contributed by atoms with Crippen LogP contribution in [0.3, 0.4) is 0 Å². The van der Waals surface area contributed by atoms with E-state index >= 15 is 0 Å². The third-order valence-electron chi connectivity index (χ3n) is 2.62. The van der Waals surface area contributed by atoms with Crippen LogP contribution in [0.4, 0.5) is 0 Å². The fourth-order valence-corrected chi connectivity index (χ4v) is 2.22. The molecule has 0 spiro atoms. The van der Waals surface area contributed by atoms with Crippen LogP contribution in [-0.2, 0) is 5.54 Å². The van der Waals surface area contributed by atoms with Crippen molar-refractivity contribution >= 4 is 15.9 Å². The summed E-state index contributed by atoms with van der Waals surface area (Å²) in [6.45, 7) is 0. The quantitative estimate of drug-likeness (QED) is 0.854. The Kier molecular flexibility index (Phi) is 2.20. The number of ether oxygens (including phenoxy) is 1. The summed E-state index contributed by atoms with van der Waals surface area (Å²) in [5, 5.41) is 9.74. The molecule has 0 aromatic heterocycles. The van der Waals surface area contributed by atoms with Crippen molar-refractivity contribution in [3.63, 3.8) is 0 Å². The third kappa shape index (κ3) is 1.38. The first-order valence-corrected chi connectivity index (χ1v) is 5.22. The number of phenols is 1. The minimum Gasteiger partial charge on any atom is -0.503 e. The van der Waals surface area contributed by atoms with E-state index in [-0.39, 0.29) is 11.3 Å². The van der Waals surface area contributed by atoms with Crippen molar-refractivity contribution < 1.29 is 9.84 Å². The van der Waals surface area contributed by atoms with Gasteiger partial charge in [0, 0.05) is 5.54 Å². The maximum absolute atomic E-state index is 9.74. The molecule has 1 fully saturated rings. The van der Waals surface area contributed by atoms with Crippen molar-refractivity contribution in [1.82, 2.24) is 0 Å². The van der Waals surface area contributed by atoms with E-state index in [1.807, 2.05) is 6.07 Å². The number of hydrogen-bond donors (Lipinski definition) is 2. The standard InChI is InChI=1S/C10H12BrNO2/c1-14-7-3-2-6(8(11)9(7)13)10(12)4-5-10/h2-3,13H,4-5,12H2,1H3. The molecule has 1 aromatic rings. The van der Waals surface area contributed by atoms with E-state index in [0.29, 0.717) is 10.2 Å². The predicted octanol–water partition coefficient (Wildman–Crippen LogP) is 2.11. The fourth-order valence-electron chi connectivity index (χ4n) is 1.50. The normalized spacial score (nSPS) is 17.9. The molecule has 14 heavy (non-hydrogen) atoms. The molecule has 3 nitrogen and oxygen atoms in total. The van der Waals surface area contributed by atoms with E-state index in [9.17, 15) is 5.11 Å². The number of rotatable bonds is 2. The second-order valence-electron chi connectivity index (χ2n) is 3.63. The van der Waals surface area contributed by atoms with Crippen LogP contribution in [0.25, 0.3) is 0 Å². The second-order valence-corrected chi connectivity index (χ2v) is 4.43. The summed E-state index contributed by atoms with van der Waals surface area (Å²) < 4.78 is 5.64. The summed E-state index contributed by atoms with van der Waals surface area (Å²) in [5.74, 6) is 0.589. The van der Waals surface area contributed by atoms with E-state index in [2.05, 4.69) is 15.9 Å². The zero-order valence-corrected chi connectivity index (χ0v) is 9.47. The predicted molar refractivity (Wildman–Crippen MR) is 57.5 cm³/mol. The number of nitrogens with two attached hydrogens (primary N) is 1. The summed E-state index contributed by atoms with van der Waals surface area (Å²) in [7, 11) is 1.52. The Bertz CT molecular complexity index is 375. The van der Waals surface area contributed by atoms with Crippen LogP contribution in [0.5, 0.6) is 11.5 Å². The molecule has 2 rings (SSSR count). The minimum absolute atomic E-state index is 0.127. The second kappa shape index (κ2) is 3.14. The molecule has 3 N–H and O–H groups in total. The zero-order valence-electron chi connectivity index (χ0n) is 7.88. The van der Waals surface area contributed by atoms with Crippen molar-refractivity contribution in [2.24, 2.45) is 5.73 Å². The number of methoxy groups -OCH3 is 1. The highest BCUT2D eigenvalue weighted by Gasteiger charge is 2.42. The van der Waals surface area contributed by atoms with Gasteiger partial charge in [-0.05, 0) is 40.4 Å². The Morgan fingerprint density at radius 1 is 1.50 bits per heavy atom. The summed E-state index contributed by atoms with van der Waals surface area (Å²) >= 11 is 3.34. The molecule has 1 aliphatic carbocycles. The molecule has 0 heterocycles. The Morgan fingerprint density at radius 3 is 2.64 bits per heavy atom. The van der Waals surface area contributed by atoms with Gasteiger partial charge in [0.2, 0.25) is 0 Å². The molecule has 0 saturated heterocycles. The van der Waals surface area contributed by atoms with Crippen molar-refractivity contribution in [2.45, 2.75) is 18.4 Å². The summed E-state index contributed by atoms with van der Waals surface area (Å²) in [4.78, 5) is 0. The SMILES string of the molecule is COc1ccc(C2(N)CC2)c(Br)c1O. The number of hydrogen-bond acceptors (Lipinski definition) is 3. The molecular weight excluding hydrogens is 246 g/mol. The van der Waals surface area contributed by atoms with Crippen LogP contribution in [0, 0.1) is 0 Å². The van der Waals surface area contributed by atoms with Gasteiger partial charge < -0.3 is 15.6 Å². The van der Waals surface area contributed by atoms with E-state index in [1.54, 1.807) is 6.07 Å². The summed E-state index contributed by atoms with van der Waals surface area (Å²) in [6, 6.07) is 3.64. The largest absolute Gasteiger partial charge is 0.503 e. The van der Waals surface area contributed by atoms with Gasteiger partial charge in [-0.3, -0.25) is 0 Å². The lowest BCUT2D eigenvalue weighted by atomic mass is 10.1. The molecule has 0 unspecified atom stereocenters. The van der Waals surface area contributed by atoms with E-state index in [1.165, 1.54) is 7.11 Å². The molecule has 0 bridgehead atoms. The lowest BCUT2D eigenvalue weighted by molar-refractivity contribution is 0.371. The van der Waals surface area contributed by atoms with Crippen molar-refractivity contribution in [1.29, 1.82) is 0 Å². The summed E-state index contributed by atoms with van der Waals surface area (Å²) in [5.41, 5.74) is 6.75. The monoisotopic (exact) mass is 257 g/mol. The van der Waals surface area contributed by atoms with Crippen molar-refractivity contribution in [3.05, 3.63) is 22.2 Å². The van der Waals surface area contributed by atoms with Crippen LogP contribution >= 0.6 is 15.9 Å². The lowest BCUT2D eigenvalue weighted by Gasteiger charge is -2.14. The van der Waals surface area contributed by atoms with Gasteiger partial charge in [0.15, 0.2) is 11.5 Å². The average Bonchev–Trinajstić information content (AvgIpc) is 2.89. The first-order valence-electron chi connectivity index (χ1n) is 4.43. The molecule has 0 atom stereocenters. The highest BCUT2D eigenvalue weighted by atomic mass is 79.9. The van der Waals surface area contributed by atoms with E-state index in [0.717, 1.165) is 18.4 Å². The number of phenolic OH excluding ortho intramolecular Hbond substituents is 1. The first-order chi connectivity index (χ1) is 6.58. The molecule has 0 aliphatic heterocycles. The molecular formula is C10H12BrNO2. The van der Waals surface area contributed by atoms with Gasteiger partial charge >= 0.3 is 0 Å². The van der Waals surface area contributed by atoms with Gasteiger partial charge in [0.25, 0.3) is 0 Å². The summed E-state index contributed by atoms with van der Waals surface area (Å²) in [6.07, 6.45) is 1.94. The molecule has 0 amide bonds. The lowest BCUT2D eigenvalue weighted by Crippen LogP contribution is -2.19. The van der Waals surface area contributed by atoms with Gasteiger partial charge in [-0.15, -0.1) is 0 Å². The number of benzene rings is 1. The van der Waals surface area contributed by atoms with Gasteiger partial charge in [0.05, 0.1) is 11.6 Å². The minimum atomic E-state index is -0.247. The maximum atomic E-state index is 9.74. The van der Waals surface area contributed by atoms with Crippen LogP contribution in [0.15, 0.2) is 16.6 Å². The Morgan fingerprint density at radius 2 is 2.14 bits per heavy atom. The number of halogens is 1. The first kappa shape index (κ1) is 9.80. The number of aromatic hydroxyl groups is 1. The van der Waals surface area contributed by atoms with Crippen molar-refractivity contribution in [3.8, 4) is 11.5 Å². The Hall–Kier alpha value is -0.740. The fraction of sp³-hybridized carbons (Fsp3) is 0.400. The Balaban J connectivity index is 2.49. The van der Waals surface area contributed by atoms with Crippen LogP contribution < -0.4 is 10.5 Å². The molecule has 1 saturated carbocycles. The van der Waals surface area contributed by atoms with Crippen LogP contribution in [0.2, 0.25) is 0 Å². The molecule has 76 valence electrons. The van der Waals surface area contributed by atoms with E-state index in [4.69, 9.17) is 10.5 Å². The molecule has 0 radical (unpaired) electrons. The van der Waals surface area contributed by atoms with Gasteiger partial charge in [-0.25, -0.2) is 0 Å². The highest BCUT2D eigenvalue weighted by Crippen LogP contribution is 2.49. The molecule has 1 aromatic carbocycles. The average molecular weight is 258 g/mol. The maximum Gasteiger partial charge on any atom is 0.172 e. The molecule has 4 heteroatoms. The van der Waals surface area contributed by atoms with E-state index < -0.39 is 0 Å². The van der Waals surface area contributed by atoms with Crippen molar-refractivity contribution in [2.75, 3.05) is 7.11 Å². The van der Waals surface area contributed by atoms with Gasteiger partial charge in [-0.1, -0.05) is 6.07 Å². The van der Waals surface area contributed by atoms with Gasteiger partial charge in [0.1, 0.15) is 0 Å². The smallest absolute Gasteiger partial charge is 0.172 e. The zero-order chi connectivity index (χ0) is 10.3. The van der Waals surface area contributed by atoms with Crippen LogP contribution in [-0.4, -0.2) is 12.2 Å². The van der Waals surface area contributed by atoms with Gasteiger partial charge in [-0.2, -0.15) is 0 Å². The van der Waals surface area contributed by atoms with Crippen LogP contribution in [0.1, 0.15) is 18.4 Å². The molecule has 1 aliphatic rings. The Labute approximate surface area is 91.0 Å². The highest BCUT2D eigenvalue weighted by molar-refractivity contribution is 9.10. The topological polar surface area (TPSA) is 55.5 Å². The third-order valence-corrected chi connectivity index (χ3v) is 3.43.